The van der Waals surface area contributed by atoms with Crippen molar-refractivity contribution < 1.29 is 24.3 Å². The van der Waals surface area contributed by atoms with Crippen molar-refractivity contribution in [2.45, 2.75) is 57.8 Å². The van der Waals surface area contributed by atoms with E-state index in [0.29, 0.717) is 17.6 Å². The Bertz CT molecular complexity index is 593. The van der Waals surface area contributed by atoms with Gasteiger partial charge in [-0.2, -0.15) is 0 Å². The molecule has 0 aromatic heterocycles. The summed E-state index contributed by atoms with van der Waals surface area (Å²) in [5.74, 6) is -0.216. The van der Waals surface area contributed by atoms with Gasteiger partial charge in [-0.25, -0.2) is 0 Å². The topological polar surface area (TPSA) is 88.0 Å². The molecule has 2 rings (SSSR count). The number of hydrogen-bond acceptors (Lipinski definition) is 5. The maximum atomic E-state index is 12.3. The average Bonchev–Trinajstić information content (AvgIpc) is 3.04. The van der Waals surface area contributed by atoms with E-state index in [1.54, 1.807) is 52.0 Å². The lowest BCUT2D eigenvalue weighted by Gasteiger charge is -2.38. The van der Waals surface area contributed by atoms with Gasteiger partial charge in [0.1, 0.15) is 0 Å². The Morgan fingerprint density at radius 2 is 2.12 bits per heavy atom. The molecule has 1 heterocycles. The van der Waals surface area contributed by atoms with E-state index in [1.165, 1.54) is 0 Å². The minimum Gasteiger partial charge on any atom is -0.423 e. The largest absolute Gasteiger partial charge is 0.491 e. The monoisotopic (exact) mass is 349 g/mol. The summed E-state index contributed by atoms with van der Waals surface area (Å²) in [7, 11) is -1.24. The van der Waals surface area contributed by atoms with Gasteiger partial charge in [0.05, 0.1) is 17.3 Å². The van der Waals surface area contributed by atoms with Crippen molar-refractivity contribution in [2.24, 2.45) is 0 Å². The number of benzene rings is 1. The quantitative estimate of drug-likeness (QED) is 0.635. The molecule has 3 N–H and O–H groups in total. The van der Waals surface area contributed by atoms with Crippen molar-refractivity contribution >= 4 is 18.5 Å². The number of hydrogen-bond donors (Lipinski definition) is 3. The molecule has 1 aromatic carbocycles. The molecule has 1 aromatic rings. The highest BCUT2D eigenvalue weighted by Crippen LogP contribution is 2.25. The van der Waals surface area contributed by atoms with Crippen LogP contribution in [0.3, 0.4) is 0 Å². The number of ether oxygens (including phenoxy) is 1. The van der Waals surface area contributed by atoms with Crippen LogP contribution < -0.4 is 10.8 Å². The molecular weight excluding hydrogens is 321 g/mol. The van der Waals surface area contributed by atoms with Crippen molar-refractivity contribution in [2.75, 3.05) is 13.2 Å². The summed E-state index contributed by atoms with van der Waals surface area (Å²) < 4.78 is 11.1. The van der Waals surface area contributed by atoms with Crippen molar-refractivity contribution in [1.29, 1.82) is 0 Å². The third kappa shape index (κ3) is 5.28. The fourth-order valence-corrected chi connectivity index (χ4v) is 2.44. The summed E-state index contributed by atoms with van der Waals surface area (Å²) in [5, 5.41) is 23.3. The zero-order valence-electron chi connectivity index (χ0n) is 15.4. The fourth-order valence-electron chi connectivity index (χ4n) is 2.44. The SMILES string of the molecule is CC(C)(O)C(C)(C)OB(O)c1cccc(C(=O)NCC2CCCO2)c1. The second-order valence-electron chi connectivity index (χ2n) is 7.51. The normalized spacial score (nSPS) is 18.2. The van der Waals surface area contributed by atoms with E-state index in [-0.39, 0.29) is 12.0 Å². The summed E-state index contributed by atoms with van der Waals surface area (Å²) in [6, 6.07) is 6.65. The molecule has 0 radical (unpaired) electrons. The third-order valence-corrected chi connectivity index (χ3v) is 4.83. The molecule has 7 heteroatoms. The highest BCUT2D eigenvalue weighted by molar-refractivity contribution is 6.60. The lowest BCUT2D eigenvalue weighted by Crippen LogP contribution is -2.53. The molecule has 6 nitrogen and oxygen atoms in total. The van der Waals surface area contributed by atoms with Crippen LogP contribution >= 0.6 is 0 Å². The van der Waals surface area contributed by atoms with Crippen LogP contribution in [0.1, 0.15) is 50.9 Å². The van der Waals surface area contributed by atoms with Crippen LogP contribution in [0.15, 0.2) is 24.3 Å². The first kappa shape index (κ1) is 19.9. The van der Waals surface area contributed by atoms with Gasteiger partial charge in [0, 0.05) is 18.7 Å². The minimum absolute atomic E-state index is 0.0774. The Hall–Kier alpha value is -1.41. The number of nitrogens with one attached hydrogen (secondary N) is 1. The third-order valence-electron chi connectivity index (χ3n) is 4.83. The molecule has 0 bridgehead atoms. The molecule has 1 fully saturated rings. The van der Waals surface area contributed by atoms with Gasteiger partial charge in [-0.1, -0.05) is 12.1 Å². The fraction of sp³-hybridized carbons (Fsp3) is 0.611. The second kappa shape index (κ2) is 7.87. The number of aliphatic hydroxyl groups is 1. The molecule has 1 aliphatic heterocycles. The second-order valence-corrected chi connectivity index (χ2v) is 7.51. The first-order valence-corrected chi connectivity index (χ1v) is 8.68. The lowest BCUT2D eigenvalue weighted by atomic mass is 9.76. The standard InChI is InChI=1S/C18H28BNO5/c1-17(2,22)18(3,4)25-19(23)14-8-5-7-13(11-14)16(21)20-12-15-9-6-10-24-15/h5,7-8,11,15,22-23H,6,9-10,12H2,1-4H3,(H,20,21). The Kier molecular flexibility index (Phi) is 6.27. The molecular formula is C18H28BNO5. The molecule has 1 unspecified atom stereocenters. The van der Waals surface area contributed by atoms with E-state index in [0.717, 1.165) is 19.4 Å². The van der Waals surface area contributed by atoms with E-state index in [4.69, 9.17) is 9.39 Å². The summed E-state index contributed by atoms with van der Waals surface area (Å²) in [4.78, 5) is 12.3. The number of amides is 1. The summed E-state index contributed by atoms with van der Waals surface area (Å²) in [6.45, 7) is 7.87. The zero-order chi connectivity index (χ0) is 18.7. The van der Waals surface area contributed by atoms with E-state index >= 15 is 0 Å². The Morgan fingerprint density at radius 1 is 1.40 bits per heavy atom. The number of carbonyl (C=O) groups is 1. The van der Waals surface area contributed by atoms with Crippen LogP contribution in [0, 0.1) is 0 Å². The first-order chi connectivity index (χ1) is 11.6. The molecule has 25 heavy (non-hydrogen) atoms. The Labute approximate surface area is 149 Å². The maximum Gasteiger partial charge on any atom is 0.491 e. The minimum atomic E-state index is -1.24. The molecule has 1 aliphatic rings. The molecule has 0 aliphatic carbocycles. The van der Waals surface area contributed by atoms with Gasteiger partial charge < -0.3 is 24.8 Å². The first-order valence-electron chi connectivity index (χ1n) is 8.68. The van der Waals surface area contributed by atoms with E-state index in [1.807, 2.05) is 0 Å². The van der Waals surface area contributed by atoms with Crippen molar-refractivity contribution in [3.8, 4) is 0 Å². The van der Waals surface area contributed by atoms with Gasteiger partial charge in [-0.05, 0) is 58.1 Å². The Balaban J connectivity index is 2.00. The molecule has 1 saturated heterocycles. The predicted molar refractivity (Wildman–Crippen MR) is 96.8 cm³/mol. The summed E-state index contributed by atoms with van der Waals surface area (Å²) in [5.41, 5.74) is -1.20. The van der Waals surface area contributed by atoms with Crippen molar-refractivity contribution in [3.05, 3.63) is 29.8 Å². The average molecular weight is 349 g/mol. The van der Waals surface area contributed by atoms with Crippen LogP contribution in [0.4, 0.5) is 0 Å². The maximum absolute atomic E-state index is 12.3. The van der Waals surface area contributed by atoms with Crippen molar-refractivity contribution in [1.82, 2.24) is 5.32 Å². The van der Waals surface area contributed by atoms with Gasteiger partial charge >= 0.3 is 7.12 Å². The van der Waals surface area contributed by atoms with E-state index < -0.39 is 18.3 Å². The van der Waals surface area contributed by atoms with Gasteiger partial charge in [0.25, 0.3) is 5.91 Å². The predicted octanol–water partition coefficient (Wildman–Crippen LogP) is 0.849. The van der Waals surface area contributed by atoms with Crippen LogP contribution in [0.25, 0.3) is 0 Å². The summed E-state index contributed by atoms with van der Waals surface area (Å²) >= 11 is 0. The van der Waals surface area contributed by atoms with Gasteiger partial charge in [-0.15, -0.1) is 0 Å². The zero-order valence-corrected chi connectivity index (χ0v) is 15.4. The van der Waals surface area contributed by atoms with Crippen LogP contribution in [0.2, 0.25) is 0 Å². The van der Waals surface area contributed by atoms with Gasteiger partial charge in [0.2, 0.25) is 0 Å². The summed E-state index contributed by atoms with van der Waals surface area (Å²) in [6.07, 6.45) is 2.06. The van der Waals surface area contributed by atoms with Crippen LogP contribution in [0.5, 0.6) is 0 Å². The number of rotatable bonds is 7. The van der Waals surface area contributed by atoms with Crippen LogP contribution in [-0.4, -0.2) is 53.6 Å². The van der Waals surface area contributed by atoms with Crippen LogP contribution in [-0.2, 0) is 9.39 Å². The van der Waals surface area contributed by atoms with E-state index in [2.05, 4.69) is 5.32 Å². The van der Waals surface area contributed by atoms with E-state index in [9.17, 15) is 14.9 Å². The molecule has 0 saturated carbocycles. The Morgan fingerprint density at radius 3 is 2.72 bits per heavy atom. The highest BCUT2D eigenvalue weighted by atomic mass is 16.5. The lowest BCUT2D eigenvalue weighted by molar-refractivity contribution is -0.0982. The smallest absolute Gasteiger partial charge is 0.423 e. The van der Waals surface area contributed by atoms with Gasteiger partial charge in [-0.3, -0.25) is 4.79 Å². The number of carbonyl (C=O) groups excluding carboxylic acids is 1. The molecule has 1 amide bonds. The molecule has 0 spiro atoms. The highest BCUT2D eigenvalue weighted by Gasteiger charge is 2.39. The van der Waals surface area contributed by atoms with Crippen molar-refractivity contribution in [3.63, 3.8) is 0 Å². The van der Waals surface area contributed by atoms with Gasteiger partial charge in [0.15, 0.2) is 0 Å². The molecule has 138 valence electrons. The molecule has 1 atom stereocenters.